The zero-order chi connectivity index (χ0) is 16.4. The van der Waals surface area contributed by atoms with Crippen LogP contribution in [-0.4, -0.2) is 41.9 Å². The smallest absolute Gasteiger partial charge is 0.285 e. The summed E-state index contributed by atoms with van der Waals surface area (Å²) in [5.41, 5.74) is 1.06. The first kappa shape index (κ1) is 15.9. The minimum absolute atomic E-state index is 0.0559. The Morgan fingerprint density at radius 2 is 1.87 bits per heavy atom. The normalized spacial score (nSPS) is 20.5. The molecule has 6 heteroatoms. The van der Waals surface area contributed by atoms with Gasteiger partial charge in [-0.05, 0) is 57.2 Å². The van der Waals surface area contributed by atoms with Gasteiger partial charge in [-0.2, -0.15) is 0 Å². The van der Waals surface area contributed by atoms with Gasteiger partial charge in [-0.15, -0.1) is 0 Å². The standard InChI is InChI=1S/C17H23N3O3/c1-13-3-2-4-14(15(13)20(22)23)16(21)19-11-7-17(8-12-19)5-9-18-10-6-17/h2-4,18H,5-12H2,1H3. The molecule has 2 saturated heterocycles. The lowest BCUT2D eigenvalue weighted by Crippen LogP contribution is -2.47. The first-order valence-corrected chi connectivity index (χ1v) is 8.26. The molecule has 2 aliphatic heterocycles. The van der Waals surface area contributed by atoms with Gasteiger partial charge in [0, 0.05) is 18.7 Å². The maximum absolute atomic E-state index is 12.8. The van der Waals surface area contributed by atoms with E-state index in [1.165, 1.54) is 12.8 Å². The molecule has 3 rings (SSSR count). The van der Waals surface area contributed by atoms with Crippen LogP contribution in [0.4, 0.5) is 5.69 Å². The summed E-state index contributed by atoms with van der Waals surface area (Å²) >= 11 is 0. The predicted molar refractivity (Wildman–Crippen MR) is 87.5 cm³/mol. The first-order valence-electron chi connectivity index (χ1n) is 8.26. The van der Waals surface area contributed by atoms with Crippen LogP contribution < -0.4 is 5.32 Å². The molecule has 0 aromatic heterocycles. The number of piperidine rings is 2. The van der Waals surface area contributed by atoms with Crippen molar-refractivity contribution in [1.82, 2.24) is 10.2 Å². The Kier molecular flexibility index (Phi) is 4.35. The molecule has 124 valence electrons. The molecule has 2 fully saturated rings. The lowest BCUT2D eigenvalue weighted by atomic mass is 9.71. The van der Waals surface area contributed by atoms with Crippen molar-refractivity contribution >= 4 is 11.6 Å². The van der Waals surface area contributed by atoms with Crippen LogP contribution in [0.15, 0.2) is 18.2 Å². The highest BCUT2D eigenvalue weighted by Crippen LogP contribution is 2.40. The van der Waals surface area contributed by atoms with Crippen LogP contribution in [0.5, 0.6) is 0 Å². The predicted octanol–water partition coefficient (Wildman–Crippen LogP) is 2.51. The zero-order valence-corrected chi connectivity index (χ0v) is 13.5. The fraction of sp³-hybridized carbons (Fsp3) is 0.588. The van der Waals surface area contributed by atoms with E-state index in [-0.39, 0.29) is 17.2 Å². The topological polar surface area (TPSA) is 75.5 Å². The van der Waals surface area contributed by atoms with E-state index in [1.54, 1.807) is 30.0 Å². The quantitative estimate of drug-likeness (QED) is 0.672. The second-order valence-electron chi connectivity index (χ2n) is 6.77. The van der Waals surface area contributed by atoms with Crippen LogP contribution in [-0.2, 0) is 0 Å². The van der Waals surface area contributed by atoms with Gasteiger partial charge in [-0.3, -0.25) is 14.9 Å². The Balaban J connectivity index is 1.75. The maximum Gasteiger partial charge on any atom is 0.285 e. The van der Waals surface area contributed by atoms with E-state index in [0.29, 0.717) is 24.1 Å². The average Bonchev–Trinajstić information content (AvgIpc) is 2.55. The van der Waals surface area contributed by atoms with E-state index in [9.17, 15) is 14.9 Å². The molecule has 0 atom stereocenters. The molecule has 1 aromatic carbocycles. The number of aryl methyl sites for hydroxylation is 1. The van der Waals surface area contributed by atoms with Gasteiger partial charge in [0.05, 0.1) is 4.92 Å². The van der Waals surface area contributed by atoms with E-state index in [0.717, 1.165) is 25.9 Å². The van der Waals surface area contributed by atoms with Crippen molar-refractivity contribution in [1.29, 1.82) is 0 Å². The number of rotatable bonds is 2. The molecule has 0 aliphatic carbocycles. The second-order valence-corrected chi connectivity index (χ2v) is 6.77. The number of likely N-dealkylation sites (tertiary alicyclic amines) is 1. The Morgan fingerprint density at radius 1 is 1.22 bits per heavy atom. The van der Waals surface area contributed by atoms with E-state index in [2.05, 4.69) is 5.32 Å². The highest BCUT2D eigenvalue weighted by molar-refractivity contribution is 5.98. The molecule has 23 heavy (non-hydrogen) atoms. The SMILES string of the molecule is Cc1cccc(C(=O)N2CCC3(CCNCC3)CC2)c1[N+](=O)[O-]. The van der Waals surface area contributed by atoms with Crippen LogP contribution in [0.2, 0.25) is 0 Å². The zero-order valence-electron chi connectivity index (χ0n) is 13.5. The third-order valence-electron chi connectivity index (χ3n) is 5.43. The molecule has 0 bridgehead atoms. The van der Waals surface area contributed by atoms with E-state index in [4.69, 9.17) is 0 Å². The Morgan fingerprint density at radius 3 is 2.48 bits per heavy atom. The van der Waals surface area contributed by atoms with Gasteiger partial charge in [0.15, 0.2) is 0 Å². The molecule has 1 amide bonds. The molecular weight excluding hydrogens is 294 g/mol. The van der Waals surface area contributed by atoms with Crippen molar-refractivity contribution in [3.8, 4) is 0 Å². The Hall–Kier alpha value is -1.95. The number of nitrogens with zero attached hydrogens (tertiary/aromatic N) is 2. The highest BCUT2D eigenvalue weighted by atomic mass is 16.6. The van der Waals surface area contributed by atoms with Crippen molar-refractivity contribution in [3.05, 3.63) is 39.4 Å². The molecule has 0 saturated carbocycles. The minimum Gasteiger partial charge on any atom is -0.338 e. The van der Waals surface area contributed by atoms with Gasteiger partial charge in [0.1, 0.15) is 5.56 Å². The van der Waals surface area contributed by atoms with E-state index < -0.39 is 4.92 Å². The molecule has 2 heterocycles. The van der Waals surface area contributed by atoms with Gasteiger partial charge < -0.3 is 10.2 Å². The Bertz CT molecular complexity index is 614. The van der Waals surface area contributed by atoms with Crippen LogP contribution >= 0.6 is 0 Å². The van der Waals surface area contributed by atoms with E-state index >= 15 is 0 Å². The summed E-state index contributed by atoms with van der Waals surface area (Å²) in [6, 6.07) is 4.96. The van der Waals surface area contributed by atoms with Gasteiger partial charge in [0.25, 0.3) is 11.6 Å². The molecular formula is C17H23N3O3. The highest BCUT2D eigenvalue weighted by Gasteiger charge is 2.37. The van der Waals surface area contributed by atoms with Crippen LogP contribution in [0.3, 0.4) is 0 Å². The van der Waals surface area contributed by atoms with Gasteiger partial charge in [0.2, 0.25) is 0 Å². The van der Waals surface area contributed by atoms with Crippen LogP contribution in [0.1, 0.15) is 41.6 Å². The summed E-state index contributed by atoms with van der Waals surface area (Å²) in [4.78, 5) is 25.4. The number of hydrogen-bond acceptors (Lipinski definition) is 4. The van der Waals surface area contributed by atoms with Crippen LogP contribution in [0, 0.1) is 22.5 Å². The van der Waals surface area contributed by atoms with Crippen LogP contribution in [0.25, 0.3) is 0 Å². The number of para-hydroxylation sites is 1. The van der Waals surface area contributed by atoms with Crippen molar-refractivity contribution in [2.75, 3.05) is 26.2 Å². The fourth-order valence-electron chi connectivity index (χ4n) is 3.89. The van der Waals surface area contributed by atoms with E-state index in [1.807, 2.05) is 0 Å². The summed E-state index contributed by atoms with van der Waals surface area (Å²) in [6.07, 6.45) is 4.33. The molecule has 0 unspecified atom stereocenters. The number of nitrogens with one attached hydrogen (secondary N) is 1. The molecule has 1 spiro atoms. The lowest BCUT2D eigenvalue weighted by molar-refractivity contribution is -0.385. The molecule has 0 radical (unpaired) electrons. The monoisotopic (exact) mass is 317 g/mol. The third-order valence-corrected chi connectivity index (χ3v) is 5.43. The van der Waals surface area contributed by atoms with Gasteiger partial charge in [-0.1, -0.05) is 12.1 Å². The number of hydrogen-bond donors (Lipinski definition) is 1. The second kappa shape index (κ2) is 6.28. The third kappa shape index (κ3) is 3.08. The van der Waals surface area contributed by atoms with Crippen molar-refractivity contribution in [2.24, 2.45) is 5.41 Å². The van der Waals surface area contributed by atoms with Crippen molar-refractivity contribution < 1.29 is 9.72 Å². The summed E-state index contributed by atoms with van der Waals surface area (Å²) in [6.45, 7) is 5.18. The summed E-state index contributed by atoms with van der Waals surface area (Å²) < 4.78 is 0. The maximum atomic E-state index is 12.8. The molecule has 1 aromatic rings. The minimum atomic E-state index is -0.444. The summed E-state index contributed by atoms with van der Waals surface area (Å²) in [5, 5.41) is 14.7. The number of carbonyl (C=O) groups is 1. The lowest BCUT2D eigenvalue weighted by Gasteiger charge is -2.44. The largest absolute Gasteiger partial charge is 0.338 e. The number of nitro benzene ring substituents is 1. The Labute approximate surface area is 136 Å². The fourth-order valence-corrected chi connectivity index (χ4v) is 3.89. The summed E-state index contributed by atoms with van der Waals surface area (Å²) in [5.74, 6) is -0.204. The average molecular weight is 317 g/mol. The van der Waals surface area contributed by atoms with Crippen molar-refractivity contribution in [2.45, 2.75) is 32.6 Å². The summed E-state index contributed by atoms with van der Waals surface area (Å²) in [7, 11) is 0. The first-order chi connectivity index (χ1) is 11.0. The van der Waals surface area contributed by atoms with Gasteiger partial charge >= 0.3 is 0 Å². The number of carbonyl (C=O) groups excluding carboxylic acids is 1. The molecule has 2 aliphatic rings. The number of benzene rings is 1. The molecule has 1 N–H and O–H groups in total. The number of nitro groups is 1. The van der Waals surface area contributed by atoms with Crippen molar-refractivity contribution in [3.63, 3.8) is 0 Å². The molecule has 6 nitrogen and oxygen atoms in total. The number of amides is 1. The van der Waals surface area contributed by atoms with Gasteiger partial charge in [-0.25, -0.2) is 0 Å².